The maximum Gasteiger partial charge on any atom is 0.251 e. The summed E-state index contributed by atoms with van der Waals surface area (Å²) in [5, 5.41) is 12.4. The van der Waals surface area contributed by atoms with Crippen molar-refractivity contribution in [1.82, 2.24) is 14.8 Å². The van der Waals surface area contributed by atoms with Crippen LogP contribution in [0.4, 0.5) is 9.39 Å². The first-order chi connectivity index (χ1) is 15.5. The number of benzene rings is 1. The summed E-state index contributed by atoms with van der Waals surface area (Å²) in [6, 6.07) is 6.71. The maximum absolute atomic E-state index is 14.3. The second-order valence-corrected chi connectivity index (χ2v) is 10.1. The molecule has 0 aliphatic heterocycles. The van der Waals surface area contributed by atoms with E-state index in [2.05, 4.69) is 15.5 Å². The molecule has 32 heavy (non-hydrogen) atoms. The van der Waals surface area contributed by atoms with Gasteiger partial charge >= 0.3 is 0 Å². The summed E-state index contributed by atoms with van der Waals surface area (Å²) in [5.41, 5.74) is 7.45. The van der Waals surface area contributed by atoms with Crippen molar-refractivity contribution in [2.24, 2.45) is 5.73 Å². The highest BCUT2D eigenvalue weighted by Crippen LogP contribution is 2.42. The number of rotatable bonds is 7. The molecule has 0 unspecified atom stereocenters. The number of nitrogens with one attached hydrogen (secondary N) is 1. The second kappa shape index (κ2) is 8.67. The molecule has 1 saturated carbocycles. The molecular formula is C22H22FN5O2S2. The van der Waals surface area contributed by atoms with Gasteiger partial charge in [0.1, 0.15) is 10.8 Å². The average molecular weight is 472 g/mol. The van der Waals surface area contributed by atoms with E-state index in [1.807, 2.05) is 4.57 Å². The first kappa shape index (κ1) is 21.1. The number of aromatic nitrogens is 3. The third kappa shape index (κ3) is 4.04. The molecule has 2 amide bonds. The molecule has 166 valence electrons. The monoisotopic (exact) mass is 471 g/mol. The number of amides is 2. The third-order valence-electron chi connectivity index (χ3n) is 5.69. The fourth-order valence-electron chi connectivity index (χ4n) is 4.07. The molecule has 1 fully saturated rings. The minimum absolute atomic E-state index is 0.100. The molecule has 5 rings (SSSR count). The molecule has 2 aliphatic carbocycles. The van der Waals surface area contributed by atoms with E-state index in [0.717, 1.165) is 49.0 Å². The van der Waals surface area contributed by atoms with Crippen LogP contribution in [0.3, 0.4) is 0 Å². The van der Waals surface area contributed by atoms with E-state index in [0.29, 0.717) is 27.1 Å². The number of nitrogens with two attached hydrogens (primary N) is 1. The number of carbonyl (C=O) groups excluding carboxylic acids is 2. The average Bonchev–Trinajstić information content (AvgIpc) is 3.41. The molecule has 0 spiro atoms. The van der Waals surface area contributed by atoms with Gasteiger partial charge in [0.05, 0.1) is 16.9 Å². The molecule has 3 aromatic rings. The Kier molecular flexibility index (Phi) is 5.73. The number of thiophene rings is 1. The van der Waals surface area contributed by atoms with Crippen LogP contribution in [0.1, 0.15) is 52.5 Å². The predicted octanol–water partition coefficient (Wildman–Crippen LogP) is 4.19. The number of halogens is 1. The fourth-order valence-corrected chi connectivity index (χ4v) is 6.19. The summed E-state index contributed by atoms with van der Waals surface area (Å²) >= 11 is 2.70. The van der Waals surface area contributed by atoms with Gasteiger partial charge in [-0.25, -0.2) is 4.39 Å². The quantitative estimate of drug-likeness (QED) is 0.503. The van der Waals surface area contributed by atoms with Crippen LogP contribution >= 0.6 is 23.1 Å². The normalized spacial score (nSPS) is 15.4. The molecule has 0 atom stereocenters. The lowest BCUT2D eigenvalue weighted by atomic mass is 9.95. The van der Waals surface area contributed by atoms with Crippen molar-refractivity contribution in [3.8, 4) is 11.4 Å². The highest BCUT2D eigenvalue weighted by Gasteiger charge is 2.31. The minimum atomic E-state index is -0.504. The first-order valence-electron chi connectivity index (χ1n) is 10.6. The van der Waals surface area contributed by atoms with Gasteiger partial charge in [-0.05, 0) is 56.2 Å². The number of hydrogen-bond donors (Lipinski definition) is 2. The van der Waals surface area contributed by atoms with Crippen LogP contribution < -0.4 is 11.1 Å². The molecular weight excluding hydrogens is 449 g/mol. The summed E-state index contributed by atoms with van der Waals surface area (Å²) in [4.78, 5) is 25.9. The van der Waals surface area contributed by atoms with Crippen LogP contribution in [0.2, 0.25) is 0 Å². The lowest BCUT2D eigenvalue weighted by Gasteiger charge is -2.11. The van der Waals surface area contributed by atoms with E-state index < -0.39 is 5.91 Å². The number of nitrogens with zero attached hydrogens (tertiary/aromatic N) is 3. The van der Waals surface area contributed by atoms with Crippen molar-refractivity contribution < 1.29 is 14.0 Å². The van der Waals surface area contributed by atoms with Crippen LogP contribution in [-0.4, -0.2) is 32.3 Å². The van der Waals surface area contributed by atoms with E-state index in [1.165, 1.54) is 29.2 Å². The Labute approximate surface area is 192 Å². The van der Waals surface area contributed by atoms with Gasteiger partial charge in [0.2, 0.25) is 5.91 Å². The van der Waals surface area contributed by atoms with Crippen molar-refractivity contribution in [2.45, 2.75) is 49.7 Å². The van der Waals surface area contributed by atoms with Crippen LogP contribution in [0.25, 0.3) is 11.4 Å². The highest BCUT2D eigenvalue weighted by molar-refractivity contribution is 7.99. The molecule has 7 nitrogen and oxygen atoms in total. The number of primary amides is 1. The molecule has 3 N–H and O–H groups in total. The number of carbonyl (C=O) groups is 2. The molecule has 10 heteroatoms. The number of aryl methyl sites for hydroxylation is 1. The summed E-state index contributed by atoms with van der Waals surface area (Å²) in [6.45, 7) is 0. The van der Waals surface area contributed by atoms with Crippen molar-refractivity contribution in [2.75, 3.05) is 11.1 Å². The zero-order valence-corrected chi connectivity index (χ0v) is 18.9. The van der Waals surface area contributed by atoms with Gasteiger partial charge in [-0.2, -0.15) is 0 Å². The Morgan fingerprint density at radius 1 is 1.22 bits per heavy atom. The van der Waals surface area contributed by atoms with Gasteiger partial charge in [0, 0.05) is 10.9 Å². The smallest absolute Gasteiger partial charge is 0.251 e. The Morgan fingerprint density at radius 3 is 2.75 bits per heavy atom. The molecule has 0 bridgehead atoms. The SMILES string of the molecule is NC(=O)c1c(NC(=O)CSc2nnc(-c3ccccc3F)n2C2CC2)sc2c1CCCC2. The number of hydrogen-bond acceptors (Lipinski definition) is 6. The summed E-state index contributed by atoms with van der Waals surface area (Å²) < 4.78 is 16.2. The second-order valence-electron chi connectivity index (χ2n) is 8.00. The summed E-state index contributed by atoms with van der Waals surface area (Å²) in [7, 11) is 0. The summed E-state index contributed by atoms with van der Waals surface area (Å²) in [5.74, 6) is -0.514. The van der Waals surface area contributed by atoms with Crippen molar-refractivity contribution in [1.29, 1.82) is 0 Å². The van der Waals surface area contributed by atoms with Gasteiger partial charge in [0.15, 0.2) is 11.0 Å². The van der Waals surface area contributed by atoms with Crippen molar-refractivity contribution in [3.05, 3.63) is 46.1 Å². The predicted molar refractivity (Wildman–Crippen MR) is 123 cm³/mol. The Bertz CT molecular complexity index is 1200. The fraction of sp³-hybridized carbons (Fsp3) is 0.364. The van der Waals surface area contributed by atoms with Gasteiger partial charge < -0.3 is 11.1 Å². The molecule has 2 aliphatic rings. The first-order valence-corrected chi connectivity index (χ1v) is 12.4. The van der Waals surface area contributed by atoms with Gasteiger partial charge in [-0.3, -0.25) is 14.2 Å². The van der Waals surface area contributed by atoms with Crippen molar-refractivity contribution in [3.63, 3.8) is 0 Å². The summed E-state index contributed by atoms with van der Waals surface area (Å²) in [6.07, 6.45) is 5.78. The van der Waals surface area contributed by atoms with Crippen LogP contribution in [-0.2, 0) is 17.6 Å². The van der Waals surface area contributed by atoms with E-state index in [1.54, 1.807) is 18.2 Å². The van der Waals surface area contributed by atoms with Crippen LogP contribution in [0.15, 0.2) is 29.4 Å². The Hall–Kier alpha value is -2.72. The third-order valence-corrected chi connectivity index (χ3v) is 7.84. The largest absolute Gasteiger partial charge is 0.365 e. The van der Waals surface area contributed by atoms with E-state index >= 15 is 0 Å². The van der Waals surface area contributed by atoms with Gasteiger partial charge in [-0.1, -0.05) is 23.9 Å². The molecule has 2 heterocycles. The van der Waals surface area contributed by atoms with Gasteiger partial charge in [-0.15, -0.1) is 21.5 Å². The topological polar surface area (TPSA) is 103 Å². The van der Waals surface area contributed by atoms with Crippen LogP contribution in [0.5, 0.6) is 0 Å². The van der Waals surface area contributed by atoms with E-state index in [9.17, 15) is 14.0 Å². The lowest BCUT2D eigenvalue weighted by molar-refractivity contribution is -0.113. The van der Waals surface area contributed by atoms with Crippen LogP contribution in [0, 0.1) is 5.82 Å². The maximum atomic E-state index is 14.3. The van der Waals surface area contributed by atoms with E-state index in [4.69, 9.17) is 5.73 Å². The molecule has 0 radical (unpaired) electrons. The standard InChI is InChI=1S/C22H22FN5O2S2/c23-15-7-3-1-5-13(15)20-26-27-22(28(20)12-9-10-12)31-11-17(29)25-21-18(19(24)30)14-6-2-4-8-16(14)32-21/h1,3,5,7,12H,2,4,6,8-11H2,(H2,24,30)(H,25,29). The van der Waals surface area contributed by atoms with E-state index in [-0.39, 0.29) is 23.5 Å². The number of fused-ring (bicyclic) bond motifs is 1. The molecule has 2 aromatic heterocycles. The number of thioether (sulfide) groups is 1. The Balaban J connectivity index is 1.33. The van der Waals surface area contributed by atoms with Gasteiger partial charge in [0.25, 0.3) is 5.91 Å². The Morgan fingerprint density at radius 2 is 2.00 bits per heavy atom. The lowest BCUT2D eigenvalue weighted by Crippen LogP contribution is -2.19. The van der Waals surface area contributed by atoms with Crippen molar-refractivity contribution >= 4 is 39.9 Å². The minimum Gasteiger partial charge on any atom is -0.365 e. The molecule has 0 saturated heterocycles. The number of anilines is 1. The highest BCUT2D eigenvalue weighted by atomic mass is 32.2. The zero-order chi connectivity index (χ0) is 22.2. The molecule has 1 aromatic carbocycles. The zero-order valence-electron chi connectivity index (χ0n) is 17.3.